The van der Waals surface area contributed by atoms with Gasteiger partial charge in [0.05, 0.1) is 17.3 Å². The Hall–Kier alpha value is -0.770. The smallest absolute Gasteiger partial charge is 0.238 e. The van der Waals surface area contributed by atoms with Crippen LogP contribution < -0.4 is 5.32 Å². The summed E-state index contributed by atoms with van der Waals surface area (Å²) in [6, 6.07) is 5.59. The van der Waals surface area contributed by atoms with E-state index in [2.05, 4.69) is 10.2 Å². The number of hydrogen-bond donors (Lipinski definition) is 1. The summed E-state index contributed by atoms with van der Waals surface area (Å²) in [5.41, 5.74) is 0.609. The second kappa shape index (κ2) is 7.30. The Morgan fingerprint density at radius 1 is 1.30 bits per heavy atom. The summed E-state index contributed by atoms with van der Waals surface area (Å²) in [6.07, 6.45) is 6.22. The van der Waals surface area contributed by atoms with Gasteiger partial charge in [0.1, 0.15) is 0 Å². The van der Waals surface area contributed by atoms with Gasteiger partial charge in [-0.2, -0.15) is 0 Å². The molecule has 0 spiro atoms. The lowest BCUT2D eigenvalue weighted by atomic mass is 9.94. The molecule has 1 amide bonds. The highest BCUT2D eigenvalue weighted by Crippen LogP contribution is 2.25. The number of likely N-dealkylation sites (N-methyl/N-ethyl adjacent to an activating group) is 1. The fourth-order valence-electron chi connectivity index (χ4n) is 2.66. The summed E-state index contributed by atoms with van der Waals surface area (Å²) >= 11 is 11.9. The van der Waals surface area contributed by atoms with Gasteiger partial charge in [-0.1, -0.05) is 42.5 Å². The molecule has 1 aliphatic carbocycles. The van der Waals surface area contributed by atoms with Crippen molar-refractivity contribution in [1.82, 2.24) is 4.90 Å². The maximum absolute atomic E-state index is 12.1. The Morgan fingerprint density at radius 3 is 2.65 bits per heavy atom. The van der Waals surface area contributed by atoms with E-state index in [0.717, 1.165) is 0 Å². The molecule has 0 bridgehead atoms. The minimum atomic E-state index is -0.0395. The van der Waals surface area contributed by atoms with Gasteiger partial charge in [-0.25, -0.2) is 0 Å². The standard InChI is InChI=1S/C15H20Cl2N2O/c1-19(12-5-3-2-4-6-12)10-15(20)18-14-8-7-11(16)9-13(14)17/h7-9,12H,2-6,10H2,1H3,(H,18,20). The highest BCUT2D eigenvalue weighted by molar-refractivity contribution is 6.36. The average Bonchev–Trinajstić information content (AvgIpc) is 2.43. The van der Waals surface area contributed by atoms with Gasteiger partial charge in [-0.15, -0.1) is 0 Å². The number of nitrogens with one attached hydrogen (secondary N) is 1. The van der Waals surface area contributed by atoms with Gasteiger partial charge in [0.25, 0.3) is 0 Å². The van der Waals surface area contributed by atoms with Crippen molar-refractivity contribution in [2.75, 3.05) is 18.9 Å². The van der Waals surface area contributed by atoms with Gasteiger partial charge in [-0.3, -0.25) is 9.69 Å². The van der Waals surface area contributed by atoms with Gasteiger partial charge in [0, 0.05) is 11.1 Å². The largest absolute Gasteiger partial charge is 0.324 e. The summed E-state index contributed by atoms with van der Waals surface area (Å²) in [5, 5.41) is 3.86. The van der Waals surface area contributed by atoms with Crippen molar-refractivity contribution in [3.05, 3.63) is 28.2 Å². The van der Waals surface area contributed by atoms with Crippen LogP contribution in [0, 0.1) is 0 Å². The predicted molar refractivity (Wildman–Crippen MR) is 84.6 cm³/mol. The van der Waals surface area contributed by atoms with Crippen LogP contribution in [0.25, 0.3) is 0 Å². The number of hydrogen-bond acceptors (Lipinski definition) is 2. The summed E-state index contributed by atoms with van der Waals surface area (Å²) in [6.45, 7) is 0.392. The highest BCUT2D eigenvalue weighted by atomic mass is 35.5. The Balaban J connectivity index is 1.88. The Bertz CT molecular complexity index is 473. The topological polar surface area (TPSA) is 32.3 Å². The number of carbonyl (C=O) groups excluding carboxylic acids is 1. The molecule has 1 saturated carbocycles. The maximum Gasteiger partial charge on any atom is 0.238 e. The number of nitrogens with zero attached hydrogens (tertiary/aromatic N) is 1. The van der Waals surface area contributed by atoms with E-state index in [-0.39, 0.29) is 5.91 Å². The third kappa shape index (κ3) is 4.37. The maximum atomic E-state index is 12.1. The van der Waals surface area contributed by atoms with E-state index in [1.54, 1.807) is 18.2 Å². The fraction of sp³-hybridized carbons (Fsp3) is 0.533. The average molecular weight is 315 g/mol. The van der Waals surface area contributed by atoms with Crippen molar-refractivity contribution in [3.8, 4) is 0 Å². The second-order valence-electron chi connectivity index (χ2n) is 5.38. The van der Waals surface area contributed by atoms with Crippen LogP contribution in [-0.4, -0.2) is 30.4 Å². The molecular formula is C15H20Cl2N2O. The van der Waals surface area contributed by atoms with Crippen LogP contribution in [0.1, 0.15) is 32.1 Å². The lowest BCUT2D eigenvalue weighted by Crippen LogP contribution is -2.39. The minimum Gasteiger partial charge on any atom is -0.324 e. The molecule has 1 aromatic carbocycles. The molecule has 110 valence electrons. The Kier molecular flexibility index (Phi) is 5.70. The van der Waals surface area contributed by atoms with E-state index >= 15 is 0 Å². The van der Waals surface area contributed by atoms with Crippen molar-refractivity contribution in [1.29, 1.82) is 0 Å². The first-order chi connectivity index (χ1) is 9.56. The molecule has 0 heterocycles. The molecule has 1 fully saturated rings. The lowest BCUT2D eigenvalue weighted by Gasteiger charge is -2.30. The van der Waals surface area contributed by atoms with Crippen molar-refractivity contribution in [2.24, 2.45) is 0 Å². The highest BCUT2D eigenvalue weighted by Gasteiger charge is 2.20. The van der Waals surface area contributed by atoms with E-state index in [1.165, 1.54) is 32.1 Å². The number of benzene rings is 1. The van der Waals surface area contributed by atoms with E-state index < -0.39 is 0 Å². The zero-order valence-corrected chi connectivity index (χ0v) is 13.2. The molecule has 1 N–H and O–H groups in total. The molecular weight excluding hydrogens is 295 g/mol. The SMILES string of the molecule is CN(CC(=O)Nc1ccc(Cl)cc1Cl)C1CCCCC1. The Labute approximate surface area is 130 Å². The van der Waals surface area contributed by atoms with E-state index in [0.29, 0.717) is 28.3 Å². The van der Waals surface area contributed by atoms with Crippen LogP contribution >= 0.6 is 23.2 Å². The number of amides is 1. The number of anilines is 1. The molecule has 1 aromatic rings. The van der Waals surface area contributed by atoms with E-state index in [9.17, 15) is 4.79 Å². The first-order valence-electron chi connectivity index (χ1n) is 7.01. The zero-order chi connectivity index (χ0) is 14.5. The predicted octanol–water partition coefficient (Wildman–Crippen LogP) is 4.20. The Morgan fingerprint density at radius 2 is 2.00 bits per heavy atom. The van der Waals surface area contributed by atoms with Gasteiger partial charge >= 0.3 is 0 Å². The van der Waals surface area contributed by atoms with Crippen molar-refractivity contribution in [3.63, 3.8) is 0 Å². The molecule has 2 rings (SSSR count). The van der Waals surface area contributed by atoms with Crippen molar-refractivity contribution < 1.29 is 4.79 Å². The summed E-state index contributed by atoms with van der Waals surface area (Å²) in [5.74, 6) is -0.0395. The summed E-state index contributed by atoms with van der Waals surface area (Å²) in [7, 11) is 2.01. The molecule has 0 unspecified atom stereocenters. The molecule has 1 aliphatic rings. The first kappa shape index (κ1) is 15.6. The summed E-state index contributed by atoms with van der Waals surface area (Å²) < 4.78 is 0. The van der Waals surface area contributed by atoms with Crippen LogP contribution in [0.5, 0.6) is 0 Å². The van der Waals surface area contributed by atoms with Crippen LogP contribution in [0.3, 0.4) is 0 Å². The molecule has 5 heteroatoms. The molecule has 0 aromatic heterocycles. The van der Waals surface area contributed by atoms with E-state index in [1.807, 2.05) is 7.05 Å². The number of halogens is 2. The fourth-order valence-corrected chi connectivity index (χ4v) is 3.11. The zero-order valence-electron chi connectivity index (χ0n) is 11.7. The minimum absolute atomic E-state index is 0.0395. The quantitative estimate of drug-likeness (QED) is 0.903. The van der Waals surface area contributed by atoms with Gasteiger partial charge in [0.2, 0.25) is 5.91 Å². The third-order valence-electron chi connectivity index (χ3n) is 3.80. The van der Waals surface area contributed by atoms with Crippen LogP contribution in [0.4, 0.5) is 5.69 Å². The molecule has 0 aliphatic heterocycles. The van der Waals surface area contributed by atoms with Crippen LogP contribution in [0.15, 0.2) is 18.2 Å². The first-order valence-corrected chi connectivity index (χ1v) is 7.77. The van der Waals surface area contributed by atoms with Gasteiger partial charge < -0.3 is 5.32 Å². The molecule has 0 saturated heterocycles. The lowest BCUT2D eigenvalue weighted by molar-refractivity contribution is -0.117. The van der Waals surface area contributed by atoms with Gasteiger partial charge in [-0.05, 0) is 38.1 Å². The second-order valence-corrected chi connectivity index (χ2v) is 6.22. The van der Waals surface area contributed by atoms with E-state index in [4.69, 9.17) is 23.2 Å². The van der Waals surface area contributed by atoms with Crippen LogP contribution in [0.2, 0.25) is 10.0 Å². The molecule has 0 radical (unpaired) electrons. The summed E-state index contributed by atoms with van der Waals surface area (Å²) in [4.78, 5) is 14.2. The third-order valence-corrected chi connectivity index (χ3v) is 4.34. The van der Waals surface area contributed by atoms with Gasteiger partial charge in [0.15, 0.2) is 0 Å². The molecule has 3 nitrogen and oxygen atoms in total. The van der Waals surface area contributed by atoms with Crippen molar-refractivity contribution >= 4 is 34.8 Å². The number of carbonyl (C=O) groups is 1. The van der Waals surface area contributed by atoms with Crippen molar-refractivity contribution in [2.45, 2.75) is 38.1 Å². The monoisotopic (exact) mass is 314 g/mol. The normalized spacial score (nSPS) is 16.4. The molecule has 0 atom stereocenters. The van der Waals surface area contributed by atoms with Crippen LogP contribution in [-0.2, 0) is 4.79 Å². The number of rotatable bonds is 4. The molecule has 20 heavy (non-hydrogen) atoms.